The van der Waals surface area contributed by atoms with Crippen molar-refractivity contribution in [2.45, 2.75) is 18.4 Å². The monoisotopic (exact) mass is 229 g/mol. The normalized spacial score (nSPS) is 10.2. The van der Waals surface area contributed by atoms with Crippen molar-refractivity contribution in [3.63, 3.8) is 0 Å². The average Bonchev–Trinajstić information content (AvgIpc) is 2.33. The van der Waals surface area contributed by atoms with Crippen molar-refractivity contribution in [2.75, 3.05) is 5.75 Å². The summed E-state index contributed by atoms with van der Waals surface area (Å²) in [6.45, 7) is 1.96. The summed E-state index contributed by atoms with van der Waals surface area (Å²) < 4.78 is 0. The first-order valence-corrected chi connectivity index (χ1v) is 6.03. The Morgan fingerprint density at radius 1 is 1.25 bits per heavy atom. The van der Waals surface area contributed by atoms with Crippen LogP contribution in [0.2, 0.25) is 0 Å². The highest BCUT2D eigenvalue weighted by atomic mass is 32.2. The van der Waals surface area contributed by atoms with Gasteiger partial charge in [0.15, 0.2) is 0 Å². The Morgan fingerprint density at radius 3 is 2.75 bits per heavy atom. The molecule has 0 spiro atoms. The number of nitriles is 1. The fourth-order valence-corrected chi connectivity index (χ4v) is 2.33. The highest BCUT2D eigenvalue weighted by Crippen LogP contribution is 2.26. The SMILES string of the molecule is Cc1nnc(SCCC#N)c2ccccc12. The number of hydrogen-bond donors (Lipinski definition) is 0. The van der Waals surface area contributed by atoms with Crippen LogP contribution >= 0.6 is 11.8 Å². The molecule has 0 atom stereocenters. The van der Waals surface area contributed by atoms with Gasteiger partial charge in [0.05, 0.1) is 11.8 Å². The maximum Gasteiger partial charge on any atom is 0.127 e. The summed E-state index contributed by atoms with van der Waals surface area (Å²) in [7, 11) is 0. The van der Waals surface area contributed by atoms with E-state index in [0.717, 1.165) is 27.2 Å². The molecule has 0 aliphatic heterocycles. The first-order chi connectivity index (χ1) is 7.83. The van der Waals surface area contributed by atoms with Crippen molar-refractivity contribution in [3.05, 3.63) is 30.0 Å². The molecule has 80 valence electrons. The molecule has 0 radical (unpaired) electrons. The summed E-state index contributed by atoms with van der Waals surface area (Å²) >= 11 is 1.59. The maximum absolute atomic E-state index is 8.50. The molecule has 0 saturated heterocycles. The van der Waals surface area contributed by atoms with Crippen LogP contribution in [0.3, 0.4) is 0 Å². The lowest BCUT2D eigenvalue weighted by molar-refractivity contribution is 0.923. The molecule has 0 saturated carbocycles. The Hall–Kier alpha value is -1.60. The minimum atomic E-state index is 0.536. The van der Waals surface area contributed by atoms with Gasteiger partial charge in [-0.05, 0) is 6.92 Å². The van der Waals surface area contributed by atoms with Crippen molar-refractivity contribution >= 4 is 22.5 Å². The second-order valence-electron chi connectivity index (χ2n) is 3.39. The number of aryl methyl sites for hydroxylation is 1. The highest BCUT2D eigenvalue weighted by molar-refractivity contribution is 7.99. The number of nitrogens with zero attached hydrogens (tertiary/aromatic N) is 3. The molecule has 0 fully saturated rings. The lowest BCUT2D eigenvalue weighted by atomic mass is 10.1. The van der Waals surface area contributed by atoms with E-state index >= 15 is 0 Å². The fraction of sp³-hybridized carbons (Fsp3) is 0.250. The zero-order chi connectivity index (χ0) is 11.4. The van der Waals surface area contributed by atoms with Crippen LogP contribution < -0.4 is 0 Å². The zero-order valence-electron chi connectivity index (χ0n) is 8.97. The summed E-state index contributed by atoms with van der Waals surface area (Å²) in [5.41, 5.74) is 0.945. The molecular weight excluding hydrogens is 218 g/mol. The molecule has 0 aliphatic carbocycles. The van der Waals surface area contributed by atoms with Crippen molar-refractivity contribution in [2.24, 2.45) is 0 Å². The quantitative estimate of drug-likeness (QED) is 0.599. The smallest absolute Gasteiger partial charge is 0.127 e. The molecule has 1 aromatic carbocycles. The summed E-state index contributed by atoms with van der Waals surface area (Å²) in [6.07, 6.45) is 0.536. The van der Waals surface area contributed by atoms with E-state index in [1.807, 2.05) is 31.2 Å². The van der Waals surface area contributed by atoms with Gasteiger partial charge in [-0.3, -0.25) is 0 Å². The van der Waals surface area contributed by atoms with Gasteiger partial charge in [0, 0.05) is 22.9 Å². The number of fused-ring (bicyclic) bond motifs is 1. The van der Waals surface area contributed by atoms with Gasteiger partial charge in [-0.2, -0.15) is 10.4 Å². The zero-order valence-corrected chi connectivity index (χ0v) is 9.79. The number of rotatable bonds is 3. The summed E-state index contributed by atoms with van der Waals surface area (Å²) in [5.74, 6) is 0.762. The molecule has 0 unspecified atom stereocenters. The number of thioether (sulfide) groups is 1. The third kappa shape index (κ3) is 2.15. The Kier molecular flexibility index (Phi) is 3.37. The molecule has 1 aromatic heterocycles. The van der Waals surface area contributed by atoms with Crippen LogP contribution in [-0.2, 0) is 0 Å². The summed E-state index contributed by atoms with van der Waals surface area (Å²) in [5, 5.41) is 20.0. The second-order valence-corrected chi connectivity index (χ2v) is 4.48. The maximum atomic E-state index is 8.50. The van der Waals surface area contributed by atoms with Crippen LogP contribution in [0.1, 0.15) is 12.1 Å². The van der Waals surface area contributed by atoms with Crippen LogP contribution in [-0.4, -0.2) is 16.0 Å². The second kappa shape index (κ2) is 4.95. The minimum absolute atomic E-state index is 0.536. The topological polar surface area (TPSA) is 49.6 Å². The number of hydrogen-bond acceptors (Lipinski definition) is 4. The Balaban J connectivity index is 2.39. The molecular formula is C12H11N3S. The lowest BCUT2D eigenvalue weighted by Crippen LogP contribution is -1.92. The molecule has 3 nitrogen and oxygen atoms in total. The van der Waals surface area contributed by atoms with Gasteiger partial charge in [0.25, 0.3) is 0 Å². The third-order valence-corrected chi connectivity index (χ3v) is 3.27. The van der Waals surface area contributed by atoms with Gasteiger partial charge >= 0.3 is 0 Å². The standard InChI is InChI=1S/C12H11N3S/c1-9-10-5-2-3-6-11(10)12(15-14-9)16-8-4-7-13/h2-3,5-6H,4,8H2,1H3. The van der Waals surface area contributed by atoms with E-state index in [9.17, 15) is 0 Å². The van der Waals surface area contributed by atoms with Gasteiger partial charge in [-0.15, -0.1) is 16.9 Å². The predicted molar refractivity (Wildman–Crippen MR) is 65.2 cm³/mol. The molecule has 0 N–H and O–H groups in total. The highest BCUT2D eigenvalue weighted by Gasteiger charge is 2.05. The van der Waals surface area contributed by atoms with Gasteiger partial charge in [-0.1, -0.05) is 24.3 Å². The van der Waals surface area contributed by atoms with Crippen LogP contribution in [0.25, 0.3) is 10.8 Å². The number of aromatic nitrogens is 2. The molecule has 4 heteroatoms. The number of benzene rings is 1. The van der Waals surface area contributed by atoms with Crippen molar-refractivity contribution < 1.29 is 0 Å². The van der Waals surface area contributed by atoms with Crippen LogP contribution in [0.4, 0.5) is 0 Å². The van der Waals surface area contributed by atoms with Crippen molar-refractivity contribution in [1.82, 2.24) is 10.2 Å². The fourth-order valence-electron chi connectivity index (χ4n) is 1.51. The molecule has 0 bridgehead atoms. The van der Waals surface area contributed by atoms with E-state index < -0.39 is 0 Å². The first-order valence-electron chi connectivity index (χ1n) is 5.04. The minimum Gasteiger partial charge on any atom is -0.198 e. The third-order valence-electron chi connectivity index (χ3n) is 2.29. The van der Waals surface area contributed by atoms with Gasteiger partial charge in [-0.25, -0.2) is 0 Å². The molecule has 0 amide bonds. The van der Waals surface area contributed by atoms with E-state index in [1.54, 1.807) is 11.8 Å². The molecule has 2 aromatic rings. The van der Waals surface area contributed by atoms with Gasteiger partial charge in [0.1, 0.15) is 5.03 Å². The molecule has 2 rings (SSSR count). The van der Waals surface area contributed by atoms with E-state index in [2.05, 4.69) is 16.3 Å². The average molecular weight is 229 g/mol. The Morgan fingerprint density at radius 2 is 2.00 bits per heavy atom. The lowest BCUT2D eigenvalue weighted by Gasteiger charge is -2.04. The Bertz CT molecular complexity index is 545. The van der Waals surface area contributed by atoms with E-state index in [0.29, 0.717) is 6.42 Å². The summed E-state index contributed by atoms with van der Waals surface area (Å²) in [6, 6.07) is 10.2. The van der Waals surface area contributed by atoms with Gasteiger partial charge < -0.3 is 0 Å². The predicted octanol–water partition coefficient (Wildman–Crippen LogP) is 2.94. The molecule has 1 heterocycles. The van der Waals surface area contributed by atoms with Crippen LogP contribution in [0.15, 0.2) is 29.3 Å². The van der Waals surface area contributed by atoms with E-state index in [1.165, 1.54) is 0 Å². The van der Waals surface area contributed by atoms with Crippen molar-refractivity contribution in [3.8, 4) is 6.07 Å². The van der Waals surface area contributed by atoms with Crippen molar-refractivity contribution in [1.29, 1.82) is 5.26 Å². The summed E-state index contributed by atoms with van der Waals surface area (Å²) in [4.78, 5) is 0. The molecule has 16 heavy (non-hydrogen) atoms. The van der Waals surface area contributed by atoms with E-state index in [-0.39, 0.29) is 0 Å². The Labute approximate surface area is 98.5 Å². The van der Waals surface area contributed by atoms with Crippen LogP contribution in [0, 0.1) is 18.3 Å². The largest absolute Gasteiger partial charge is 0.198 e. The van der Waals surface area contributed by atoms with Gasteiger partial charge in [0.2, 0.25) is 0 Å². The molecule has 0 aliphatic rings. The van der Waals surface area contributed by atoms with E-state index in [4.69, 9.17) is 5.26 Å². The first kappa shape index (κ1) is 10.9. The van der Waals surface area contributed by atoms with Crippen LogP contribution in [0.5, 0.6) is 0 Å².